The van der Waals surface area contributed by atoms with Crippen LogP contribution < -0.4 is 11.1 Å². The number of hydrogen-bond donors (Lipinski definition) is 2. The van der Waals surface area contributed by atoms with Crippen LogP contribution in [0.1, 0.15) is 18.9 Å². The minimum Gasteiger partial charge on any atom is -0.398 e. The Morgan fingerprint density at radius 1 is 1.56 bits per heavy atom. The Hall–Kier alpha value is -1.07. The minimum atomic E-state index is -0.0839. The third-order valence-corrected chi connectivity index (χ3v) is 3.98. The zero-order valence-electron chi connectivity index (χ0n) is 10.5. The van der Waals surface area contributed by atoms with Gasteiger partial charge in [0.2, 0.25) is 5.91 Å². The topological polar surface area (TPSA) is 64.3 Å². The van der Waals surface area contributed by atoms with Gasteiger partial charge in [-0.25, -0.2) is 0 Å². The summed E-state index contributed by atoms with van der Waals surface area (Å²) in [6.45, 7) is 4.50. The van der Waals surface area contributed by atoms with E-state index >= 15 is 0 Å². The molecule has 2 atom stereocenters. The lowest BCUT2D eigenvalue weighted by Gasteiger charge is -2.15. The van der Waals surface area contributed by atoms with E-state index in [9.17, 15) is 4.79 Å². The molecule has 1 aromatic rings. The van der Waals surface area contributed by atoms with E-state index < -0.39 is 0 Å². The number of nitrogens with two attached hydrogens (primary N) is 1. The molecule has 1 aromatic carbocycles. The molecular formula is C13H17BrN2O2. The molecule has 98 valence electrons. The van der Waals surface area contributed by atoms with Crippen LogP contribution in [0.2, 0.25) is 0 Å². The summed E-state index contributed by atoms with van der Waals surface area (Å²) in [4.78, 5) is 12.1. The molecule has 1 heterocycles. The van der Waals surface area contributed by atoms with E-state index in [2.05, 4.69) is 21.2 Å². The van der Waals surface area contributed by atoms with E-state index in [1.165, 1.54) is 0 Å². The highest BCUT2D eigenvalue weighted by atomic mass is 79.9. The van der Waals surface area contributed by atoms with Gasteiger partial charge in [-0.3, -0.25) is 4.79 Å². The molecule has 1 saturated heterocycles. The second kappa shape index (κ2) is 5.28. The number of hydrogen-bond acceptors (Lipinski definition) is 3. The molecule has 1 amide bonds. The molecule has 18 heavy (non-hydrogen) atoms. The van der Waals surface area contributed by atoms with Crippen molar-refractivity contribution in [2.45, 2.75) is 26.4 Å². The lowest BCUT2D eigenvalue weighted by atomic mass is 10.0. The van der Waals surface area contributed by atoms with Crippen LogP contribution in [-0.4, -0.2) is 18.6 Å². The molecule has 4 nitrogen and oxygen atoms in total. The zero-order chi connectivity index (χ0) is 13.3. The number of nitrogens with one attached hydrogen (secondary N) is 1. The number of ether oxygens (including phenoxy) is 1. The molecule has 2 rings (SSSR count). The van der Waals surface area contributed by atoms with Gasteiger partial charge in [0.25, 0.3) is 0 Å². The maximum atomic E-state index is 12.1. The molecule has 0 aliphatic carbocycles. The van der Waals surface area contributed by atoms with E-state index in [4.69, 9.17) is 10.5 Å². The summed E-state index contributed by atoms with van der Waals surface area (Å²) >= 11 is 3.43. The maximum Gasteiger partial charge on any atom is 0.230 e. The Morgan fingerprint density at radius 2 is 2.28 bits per heavy atom. The summed E-state index contributed by atoms with van der Waals surface area (Å²) in [5.41, 5.74) is 8.21. The van der Waals surface area contributed by atoms with Crippen molar-refractivity contribution in [3.63, 3.8) is 0 Å². The molecule has 1 aliphatic rings. The van der Waals surface area contributed by atoms with E-state index in [1.54, 1.807) is 6.07 Å². The molecule has 3 N–H and O–H groups in total. The molecule has 0 bridgehead atoms. The molecule has 1 fully saturated rings. The van der Waals surface area contributed by atoms with Gasteiger partial charge in [-0.15, -0.1) is 0 Å². The van der Waals surface area contributed by atoms with Gasteiger partial charge in [0, 0.05) is 16.8 Å². The second-order valence-electron chi connectivity index (χ2n) is 4.65. The Labute approximate surface area is 115 Å². The van der Waals surface area contributed by atoms with Gasteiger partial charge in [-0.05, 0) is 53.9 Å². The highest BCUT2D eigenvalue weighted by molar-refractivity contribution is 9.10. The number of aryl methyl sites for hydroxylation is 1. The van der Waals surface area contributed by atoms with Gasteiger partial charge < -0.3 is 15.8 Å². The van der Waals surface area contributed by atoms with Crippen LogP contribution in [0.5, 0.6) is 0 Å². The van der Waals surface area contributed by atoms with E-state index in [1.807, 2.05) is 19.9 Å². The summed E-state index contributed by atoms with van der Waals surface area (Å²) in [5, 5.41) is 2.90. The van der Waals surface area contributed by atoms with Crippen molar-refractivity contribution in [3.05, 3.63) is 22.2 Å². The minimum absolute atomic E-state index is 0.0102. The Morgan fingerprint density at radius 3 is 2.89 bits per heavy atom. The number of halogens is 1. The molecule has 0 radical (unpaired) electrons. The van der Waals surface area contributed by atoms with Crippen LogP contribution in [0.25, 0.3) is 0 Å². The second-order valence-corrected chi connectivity index (χ2v) is 5.50. The van der Waals surface area contributed by atoms with Gasteiger partial charge in [-0.2, -0.15) is 0 Å². The van der Waals surface area contributed by atoms with Crippen LogP contribution in [-0.2, 0) is 9.53 Å². The fraction of sp³-hybridized carbons (Fsp3) is 0.462. The standard InChI is InChI=1S/C13H17BrN2O2/c1-7-5-10(14)12(6-11(7)15)16-13(17)9-3-4-18-8(9)2/h5-6,8-9H,3-4,15H2,1-2H3,(H,16,17). The number of anilines is 2. The highest BCUT2D eigenvalue weighted by Gasteiger charge is 2.30. The lowest BCUT2D eigenvalue weighted by molar-refractivity contribution is -0.121. The number of carbonyl (C=O) groups excluding carboxylic acids is 1. The van der Waals surface area contributed by atoms with Gasteiger partial charge in [0.1, 0.15) is 0 Å². The van der Waals surface area contributed by atoms with Crippen molar-refractivity contribution in [2.75, 3.05) is 17.7 Å². The van der Waals surface area contributed by atoms with Gasteiger partial charge in [-0.1, -0.05) is 0 Å². The van der Waals surface area contributed by atoms with Crippen molar-refractivity contribution in [1.82, 2.24) is 0 Å². The summed E-state index contributed by atoms with van der Waals surface area (Å²) in [6.07, 6.45) is 0.748. The zero-order valence-corrected chi connectivity index (χ0v) is 12.1. The average molecular weight is 313 g/mol. The highest BCUT2D eigenvalue weighted by Crippen LogP contribution is 2.29. The first-order valence-electron chi connectivity index (χ1n) is 5.97. The predicted molar refractivity (Wildman–Crippen MR) is 75.4 cm³/mol. The Bertz CT molecular complexity index is 476. The maximum absolute atomic E-state index is 12.1. The summed E-state index contributed by atoms with van der Waals surface area (Å²) < 4.78 is 6.24. The van der Waals surface area contributed by atoms with Crippen LogP contribution in [0.3, 0.4) is 0 Å². The van der Waals surface area contributed by atoms with Gasteiger partial charge in [0.05, 0.1) is 17.7 Å². The quantitative estimate of drug-likeness (QED) is 0.825. The molecule has 5 heteroatoms. The molecule has 0 spiro atoms. The fourth-order valence-electron chi connectivity index (χ4n) is 2.09. The van der Waals surface area contributed by atoms with Gasteiger partial charge in [0.15, 0.2) is 0 Å². The first-order chi connectivity index (χ1) is 8.49. The molecule has 2 unspecified atom stereocenters. The van der Waals surface area contributed by atoms with E-state index in [0.717, 1.165) is 16.5 Å². The Balaban J connectivity index is 2.14. The first-order valence-corrected chi connectivity index (χ1v) is 6.76. The number of rotatable bonds is 2. The van der Waals surface area contributed by atoms with Crippen molar-refractivity contribution in [3.8, 4) is 0 Å². The lowest BCUT2D eigenvalue weighted by Crippen LogP contribution is -2.27. The molecule has 0 aromatic heterocycles. The summed E-state index contributed by atoms with van der Waals surface area (Å²) in [6, 6.07) is 3.68. The van der Waals surface area contributed by atoms with Crippen molar-refractivity contribution in [1.29, 1.82) is 0 Å². The third kappa shape index (κ3) is 2.67. The smallest absolute Gasteiger partial charge is 0.230 e. The van der Waals surface area contributed by atoms with E-state index in [-0.39, 0.29) is 17.9 Å². The van der Waals surface area contributed by atoms with Crippen LogP contribution in [0, 0.1) is 12.8 Å². The molecule has 0 saturated carbocycles. The number of nitrogen functional groups attached to an aromatic ring is 1. The van der Waals surface area contributed by atoms with Crippen molar-refractivity contribution < 1.29 is 9.53 Å². The fourth-order valence-corrected chi connectivity index (χ4v) is 2.64. The van der Waals surface area contributed by atoms with Crippen LogP contribution >= 0.6 is 15.9 Å². The Kier molecular flexibility index (Phi) is 3.92. The third-order valence-electron chi connectivity index (χ3n) is 3.33. The largest absolute Gasteiger partial charge is 0.398 e. The van der Waals surface area contributed by atoms with Crippen molar-refractivity contribution in [2.24, 2.45) is 5.92 Å². The SMILES string of the molecule is Cc1cc(Br)c(NC(=O)C2CCOC2C)cc1N. The first kappa shape index (κ1) is 13.4. The van der Waals surface area contributed by atoms with Crippen LogP contribution in [0.15, 0.2) is 16.6 Å². The van der Waals surface area contributed by atoms with E-state index in [0.29, 0.717) is 18.0 Å². The van der Waals surface area contributed by atoms with Crippen molar-refractivity contribution >= 4 is 33.2 Å². The molecule has 1 aliphatic heterocycles. The molecular weight excluding hydrogens is 296 g/mol. The average Bonchev–Trinajstić information content (AvgIpc) is 2.72. The summed E-state index contributed by atoms with van der Waals surface area (Å²) in [5.74, 6) is -0.0941. The number of amides is 1. The number of benzene rings is 1. The number of carbonyl (C=O) groups is 1. The van der Waals surface area contributed by atoms with Crippen LogP contribution in [0.4, 0.5) is 11.4 Å². The predicted octanol–water partition coefficient (Wildman–Crippen LogP) is 2.70. The van der Waals surface area contributed by atoms with Gasteiger partial charge >= 0.3 is 0 Å². The normalized spacial score (nSPS) is 23.1. The summed E-state index contributed by atoms with van der Waals surface area (Å²) in [7, 11) is 0. The monoisotopic (exact) mass is 312 g/mol.